The van der Waals surface area contributed by atoms with Crippen molar-refractivity contribution in [3.63, 3.8) is 0 Å². The van der Waals surface area contributed by atoms with E-state index in [0.29, 0.717) is 5.02 Å². The summed E-state index contributed by atoms with van der Waals surface area (Å²) in [6.45, 7) is 1.70. The van der Waals surface area contributed by atoms with Crippen LogP contribution in [0, 0.1) is 0 Å². The molecule has 0 bridgehead atoms. The van der Waals surface area contributed by atoms with E-state index in [1.165, 1.54) is 0 Å². The second-order valence-electron chi connectivity index (χ2n) is 4.04. The molecule has 1 aliphatic rings. The van der Waals surface area contributed by atoms with E-state index in [-0.39, 0.29) is 0 Å². The number of carbonyl (C=O) groups is 1. The van der Waals surface area contributed by atoms with Crippen LogP contribution in [0.5, 0.6) is 0 Å². The summed E-state index contributed by atoms with van der Waals surface area (Å²) in [6, 6.07) is 6.56. The van der Waals surface area contributed by atoms with Crippen molar-refractivity contribution < 1.29 is 9.90 Å². The van der Waals surface area contributed by atoms with Crippen LogP contribution >= 0.6 is 11.6 Å². The van der Waals surface area contributed by atoms with Crippen LogP contribution in [-0.2, 0) is 4.79 Å². The third-order valence-corrected chi connectivity index (χ3v) is 3.14. The van der Waals surface area contributed by atoms with Crippen molar-refractivity contribution in [3.8, 4) is 0 Å². The van der Waals surface area contributed by atoms with Crippen LogP contribution in [0.1, 0.15) is 24.4 Å². The number of aliphatic carboxylic acids is 1. The van der Waals surface area contributed by atoms with Crippen LogP contribution < -0.4 is 0 Å². The molecule has 2 rings (SSSR count). The summed E-state index contributed by atoms with van der Waals surface area (Å²) >= 11 is 5.89. The summed E-state index contributed by atoms with van der Waals surface area (Å²) < 4.78 is 0. The Balaban J connectivity index is 2.28. The van der Waals surface area contributed by atoms with Crippen LogP contribution in [0.4, 0.5) is 0 Å². The lowest BCUT2D eigenvalue weighted by atomic mass is 10.1. The topological polar surface area (TPSA) is 40.5 Å². The predicted molar refractivity (Wildman–Crippen MR) is 62.6 cm³/mol. The molecule has 1 heterocycles. The molecule has 1 aromatic rings. The molecule has 0 unspecified atom stereocenters. The van der Waals surface area contributed by atoms with Crippen molar-refractivity contribution in [1.29, 1.82) is 0 Å². The molecule has 0 saturated carbocycles. The molecular formula is C12H14ClNO2. The van der Waals surface area contributed by atoms with E-state index in [1.54, 1.807) is 18.2 Å². The van der Waals surface area contributed by atoms with Crippen LogP contribution in [0.2, 0.25) is 5.02 Å². The van der Waals surface area contributed by atoms with Gasteiger partial charge >= 0.3 is 5.97 Å². The molecule has 0 aromatic heterocycles. The first kappa shape index (κ1) is 11.4. The Morgan fingerprint density at radius 1 is 1.38 bits per heavy atom. The van der Waals surface area contributed by atoms with E-state index < -0.39 is 12.0 Å². The quantitative estimate of drug-likeness (QED) is 0.881. The number of rotatable bonds is 3. The molecule has 0 amide bonds. The van der Waals surface area contributed by atoms with Crippen molar-refractivity contribution in [3.05, 3.63) is 34.9 Å². The SMILES string of the molecule is O=C(O)[C@H](c1cccc(Cl)c1)N1CCCC1. The van der Waals surface area contributed by atoms with Crippen LogP contribution in [0.3, 0.4) is 0 Å². The van der Waals surface area contributed by atoms with E-state index in [1.807, 2.05) is 11.0 Å². The lowest BCUT2D eigenvalue weighted by molar-refractivity contribution is -0.143. The number of hydrogen-bond donors (Lipinski definition) is 1. The van der Waals surface area contributed by atoms with Crippen molar-refractivity contribution in [2.45, 2.75) is 18.9 Å². The smallest absolute Gasteiger partial charge is 0.325 e. The Labute approximate surface area is 99.6 Å². The number of hydrogen-bond acceptors (Lipinski definition) is 2. The first-order chi connectivity index (χ1) is 7.68. The second kappa shape index (κ2) is 4.85. The fraction of sp³-hybridized carbons (Fsp3) is 0.417. The first-order valence-electron chi connectivity index (χ1n) is 5.41. The largest absolute Gasteiger partial charge is 0.480 e. The lowest BCUT2D eigenvalue weighted by Gasteiger charge is -2.24. The molecule has 1 atom stereocenters. The molecule has 4 heteroatoms. The monoisotopic (exact) mass is 239 g/mol. The number of carboxylic acids is 1. The van der Waals surface area contributed by atoms with Gasteiger partial charge in [0.2, 0.25) is 0 Å². The number of carboxylic acid groups (broad SMARTS) is 1. The Morgan fingerprint density at radius 3 is 2.62 bits per heavy atom. The van der Waals surface area contributed by atoms with Gasteiger partial charge in [0, 0.05) is 5.02 Å². The fourth-order valence-corrected chi connectivity index (χ4v) is 2.38. The van der Waals surface area contributed by atoms with Crippen LogP contribution in [0.15, 0.2) is 24.3 Å². The van der Waals surface area contributed by atoms with Gasteiger partial charge in [0.25, 0.3) is 0 Å². The van der Waals surface area contributed by atoms with E-state index in [4.69, 9.17) is 11.6 Å². The van der Waals surface area contributed by atoms with Gasteiger partial charge in [-0.3, -0.25) is 9.69 Å². The zero-order valence-corrected chi connectivity index (χ0v) is 9.65. The molecule has 0 radical (unpaired) electrons. The number of halogens is 1. The minimum Gasteiger partial charge on any atom is -0.480 e. The van der Waals surface area contributed by atoms with Gasteiger partial charge in [-0.25, -0.2) is 0 Å². The van der Waals surface area contributed by atoms with Crippen molar-refractivity contribution in [1.82, 2.24) is 4.90 Å². The normalized spacial score (nSPS) is 18.6. The highest BCUT2D eigenvalue weighted by Gasteiger charge is 2.29. The lowest BCUT2D eigenvalue weighted by Crippen LogP contribution is -2.31. The molecule has 16 heavy (non-hydrogen) atoms. The summed E-state index contributed by atoms with van der Waals surface area (Å²) in [4.78, 5) is 13.3. The molecule has 1 N–H and O–H groups in total. The summed E-state index contributed by atoms with van der Waals surface area (Å²) in [5, 5.41) is 9.88. The van der Waals surface area contributed by atoms with Gasteiger partial charge in [0.05, 0.1) is 0 Å². The molecule has 86 valence electrons. The highest BCUT2D eigenvalue weighted by Crippen LogP contribution is 2.26. The predicted octanol–water partition coefficient (Wildman–Crippen LogP) is 2.56. The van der Waals surface area contributed by atoms with Gasteiger partial charge < -0.3 is 5.11 Å². The Bertz CT molecular complexity index is 388. The molecule has 3 nitrogen and oxygen atoms in total. The van der Waals surface area contributed by atoms with Crippen LogP contribution in [-0.4, -0.2) is 29.1 Å². The van der Waals surface area contributed by atoms with Crippen molar-refractivity contribution in [2.75, 3.05) is 13.1 Å². The maximum Gasteiger partial charge on any atom is 0.325 e. The third kappa shape index (κ3) is 2.36. The summed E-state index contributed by atoms with van der Waals surface area (Å²) in [5.74, 6) is -0.802. The van der Waals surface area contributed by atoms with Gasteiger partial charge in [-0.2, -0.15) is 0 Å². The average Bonchev–Trinajstić information content (AvgIpc) is 2.71. The summed E-state index contributed by atoms with van der Waals surface area (Å²) in [6.07, 6.45) is 2.15. The molecule has 1 aromatic carbocycles. The molecule has 1 fully saturated rings. The molecule has 1 aliphatic heterocycles. The maximum atomic E-state index is 11.3. The molecule has 0 spiro atoms. The van der Waals surface area contributed by atoms with Gasteiger partial charge in [-0.05, 0) is 43.6 Å². The van der Waals surface area contributed by atoms with Gasteiger partial charge in [0.1, 0.15) is 6.04 Å². The first-order valence-corrected chi connectivity index (χ1v) is 5.78. The highest BCUT2D eigenvalue weighted by atomic mass is 35.5. The van der Waals surface area contributed by atoms with Gasteiger partial charge in [-0.15, -0.1) is 0 Å². The average molecular weight is 240 g/mol. The molecular weight excluding hydrogens is 226 g/mol. The fourth-order valence-electron chi connectivity index (χ4n) is 2.19. The zero-order chi connectivity index (χ0) is 11.5. The number of nitrogens with zero attached hydrogens (tertiary/aromatic N) is 1. The van der Waals surface area contributed by atoms with E-state index in [9.17, 15) is 9.90 Å². The Morgan fingerprint density at radius 2 is 2.06 bits per heavy atom. The van der Waals surface area contributed by atoms with E-state index in [0.717, 1.165) is 31.5 Å². The second-order valence-corrected chi connectivity index (χ2v) is 4.48. The zero-order valence-electron chi connectivity index (χ0n) is 8.90. The number of likely N-dealkylation sites (tertiary alicyclic amines) is 1. The minimum atomic E-state index is -0.802. The summed E-state index contributed by atoms with van der Waals surface area (Å²) in [7, 11) is 0. The van der Waals surface area contributed by atoms with Crippen molar-refractivity contribution in [2.24, 2.45) is 0 Å². The molecule has 0 aliphatic carbocycles. The van der Waals surface area contributed by atoms with E-state index >= 15 is 0 Å². The van der Waals surface area contributed by atoms with Gasteiger partial charge in [-0.1, -0.05) is 23.7 Å². The number of benzene rings is 1. The van der Waals surface area contributed by atoms with Gasteiger partial charge in [0.15, 0.2) is 0 Å². The molecule has 1 saturated heterocycles. The Hall–Kier alpha value is -1.06. The van der Waals surface area contributed by atoms with Crippen molar-refractivity contribution >= 4 is 17.6 Å². The third-order valence-electron chi connectivity index (χ3n) is 2.90. The standard InChI is InChI=1S/C12H14ClNO2/c13-10-5-3-4-9(8-10)11(12(15)16)14-6-1-2-7-14/h3-5,8,11H,1-2,6-7H2,(H,15,16)/t11-/m0/s1. The summed E-state index contributed by atoms with van der Waals surface area (Å²) in [5.41, 5.74) is 0.766. The minimum absolute atomic E-state index is 0.554. The van der Waals surface area contributed by atoms with E-state index in [2.05, 4.69) is 0 Å². The maximum absolute atomic E-state index is 11.3. The highest BCUT2D eigenvalue weighted by molar-refractivity contribution is 6.30. The van der Waals surface area contributed by atoms with Crippen LogP contribution in [0.25, 0.3) is 0 Å². The Kier molecular flexibility index (Phi) is 3.46.